The predicted molar refractivity (Wildman–Crippen MR) is 188 cm³/mol. The Hall–Kier alpha value is -3.51. The van der Waals surface area contributed by atoms with Gasteiger partial charge in [-0.3, -0.25) is 19.2 Å². The molecule has 4 aliphatic rings. The molecule has 0 unspecified atom stereocenters. The van der Waals surface area contributed by atoms with Crippen molar-refractivity contribution in [1.29, 1.82) is 0 Å². The molecule has 2 aromatic carbocycles. The molecule has 5 bridgehead atoms. The highest BCUT2D eigenvalue weighted by Crippen LogP contribution is 2.59. The molecule has 260 valence electrons. The van der Waals surface area contributed by atoms with Crippen LogP contribution in [0.5, 0.6) is 0 Å². The highest BCUT2D eigenvalue weighted by atomic mass is 79.9. The minimum absolute atomic E-state index is 0.0695. The second-order valence-corrected chi connectivity index (χ2v) is 14.5. The van der Waals surface area contributed by atoms with Gasteiger partial charge in [0.2, 0.25) is 11.8 Å². The highest BCUT2D eigenvalue weighted by molar-refractivity contribution is 9.11. The number of aliphatic hydroxyl groups is 1. The molecule has 0 aliphatic carbocycles. The van der Waals surface area contributed by atoms with Crippen LogP contribution < -0.4 is 4.90 Å². The van der Waals surface area contributed by atoms with Crippen molar-refractivity contribution in [3.05, 3.63) is 87.4 Å². The van der Waals surface area contributed by atoms with Crippen LogP contribution in [0.3, 0.4) is 0 Å². The van der Waals surface area contributed by atoms with Crippen molar-refractivity contribution in [3.63, 3.8) is 0 Å². The second kappa shape index (κ2) is 14.4. The lowest BCUT2D eigenvalue weighted by molar-refractivity contribution is -0.164. The fourth-order valence-corrected chi connectivity index (χ4v) is 8.77. The van der Waals surface area contributed by atoms with Crippen molar-refractivity contribution < 1.29 is 33.8 Å². The number of likely N-dealkylation sites (tertiary alicyclic amines) is 1. The van der Waals surface area contributed by atoms with Crippen LogP contribution in [0.2, 0.25) is 5.02 Å². The van der Waals surface area contributed by atoms with E-state index in [2.05, 4.69) is 15.9 Å². The molecule has 4 heterocycles. The molecular formula is C37H41BrClN3O7. The van der Waals surface area contributed by atoms with Crippen LogP contribution in [0.15, 0.2) is 71.2 Å². The fourth-order valence-electron chi connectivity index (χ4n) is 7.71. The van der Waals surface area contributed by atoms with Gasteiger partial charge >= 0.3 is 5.97 Å². The largest absolute Gasteiger partial charge is 0.455 e. The van der Waals surface area contributed by atoms with Crippen molar-refractivity contribution in [1.82, 2.24) is 9.80 Å². The molecule has 0 aromatic heterocycles. The number of aryl methyl sites for hydroxylation is 1. The van der Waals surface area contributed by atoms with Gasteiger partial charge in [-0.1, -0.05) is 82.1 Å². The summed E-state index contributed by atoms with van der Waals surface area (Å²) in [5.41, 5.74) is 0.502. The maximum Gasteiger partial charge on any atom is 0.313 e. The van der Waals surface area contributed by atoms with Gasteiger partial charge in [-0.05, 0) is 56.4 Å². The average molecular weight is 755 g/mol. The van der Waals surface area contributed by atoms with Gasteiger partial charge in [0.15, 0.2) is 0 Å². The van der Waals surface area contributed by atoms with Crippen molar-refractivity contribution in [2.75, 3.05) is 31.6 Å². The summed E-state index contributed by atoms with van der Waals surface area (Å²) in [4.78, 5) is 62.1. The SMILES string of the molecule is Cc1cccc(Cl)c1N1C/C=C\CCC(=O)N(C)[C@@H](C)[C@H](c2ccccc2)OC(=O)[C@H]2[C@@H]3O[C@@]4(C=C3Br)[C@@H]2C(=O)N(CCCCO)[C@@H]4C1=O. The second-order valence-electron chi connectivity index (χ2n) is 13.2. The number of aliphatic hydroxyl groups excluding tert-OH is 1. The molecule has 6 rings (SSSR count). The topological polar surface area (TPSA) is 117 Å². The van der Waals surface area contributed by atoms with E-state index < -0.39 is 53.6 Å². The molecule has 12 heteroatoms. The summed E-state index contributed by atoms with van der Waals surface area (Å²) in [6.45, 7) is 3.93. The first kappa shape index (κ1) is 35.3. The number of cyclic esters (lactones) is 1. The van der Waals surface area contributed by atoms with Gasteiger partial charge in [0.1, 0.15) is 29.8 Å². The Morgan fingerprint density at radius 2 is 1.76 bits per heavy atom. The first-order valence-electron chi connectivity index (χ1n) is 16.7. The number of hydrogen-bond donors (Lipinski definition) is 1. The van der Waals surface area contributed by atoms with Gasteiger partial charge in [-0.15, -0.1) is 0 Å². The Labute approximate surface area is 299 Å². The molecule has 1 spiro atoms. The molecule has 4 aliphatic heterocycles. The maximum atomic E-state index is 15.1. The van der Waals surface area contributed by atoms with Crippen LogP contribution in [0.1, 0.15) is 49.8 Å². The van der Waals surface area contributed by atoms with E-state index in [9.17, 15) is 19.5 Å². The summed E-state index contributed by atoms with van der Waals surface area (Å²) in [6, 6.07) is 12.9. The number of amides is 3. The van der Waals surface area contributed by atoms with E-state index >= 15 is 4.79 Å². The number of esters is 1. The van der Waals surface area contributed by atoms with Crippen LogP contribution in [-0.4, -0.2) is 89.1 Å². The Morgan fingerprint density at radius 3 is 2.47 bits per heavy atom. The molecule has 0 saturated carbocycles. The average Bonchev–Trinajstić information content (AvgIpc) is 3.68. The zero-order valence-electron chi connectivity index (χ0n) is 27.8. The number of hydrogen-bond acceptors (Lipinski definition) is 7. The number of rotatable bonds is 6. The van der Waals surface area contributed by atoms with Crippen LogP contribution in [0.25, 0.3) is 0 Å². The zero-order valence-corrected chi connectivity index (χ0v) is 30.1. The summed E-state index contributed by atoms with van der Waals surface area (Å²) >= 11 is 10.4. The molecule has 0 radical (unpaired) electrons. The molecule has 7 atom stereocenters. The van der Waals surface area contributed by atoms with Crippen LogP contribution >= 0.6 is 27.5 Å². The number of carbonyl (C=O) groups is 4. The number of benzene rings is 2. The van der Waals surface area contributed by atoms with Crippen molar-refractivity contribution in [2.45, 2.75) is 69.4 Å². The highest BCUT2D eigenvalue weighted by Gasteiger charge is 2.75. The van der Waals surface area contributed by atoms with Crippen molar-refractivity contribution in [3.8, 4) is 0 Å². The maximum absolute atomic E-state index is 15.1. The quantitative estimate of drug-likeness (QED) is 0.248. The Balaban J connectivity index is 1.49. The normalized spacial score (nSPS) is 31.2. The van der Waals surface area contributed by atoms with Gasteiger partial charge in [0, 0.05) is 37.6 Å². The van der Waals surface area contributed by atoms with Gasteiger partial charge in [-0.25, -0.2) is 0 Å². The zero-order chi connectivity index (χ0) is 35.0. The Bertz CT molecular complexity index is 1660. The summed E-state index contributed by atoms with van der Waals surface area (Å²) in [7, 11) is 1.69. The number of halogens is 2. The lowest BCUT2D eigenvalue weighted by Crippen LogP contribution is -2.56. The molecule has 2 saturated heterocycles. The minimum Gasteiger partial charge on any atom is -0.455 e. The third kappa shape index (κ3) is 6.24. The molecule has 10 nitrogen and oxygen atoms in total. The van der Waals surface area contributed by atoms with Crippen molar-refractivity contribution >= 4 is 56.9 Å². The Kier molecular flexibility index (Phi) is 10.4. The number of unbranched alkanes of at least 4 members (excludes halogenated alkanes) is 1. The number of anilines is 1. The van der Waals surface area contributed by atoms with E-state index in [0.29, 0.717) is 40.0 Å². The number of carbonyl (C=O) groups excluding carboxylic acids is 4. The summed E-state index contributed by atoms with van der Waals surface area (Å²) in [5, 5.41) is 9.94. The minimum atomic E-state index is -1.47. The number of ether oxygens (including phenoxy) is 2. The number of fused-ring (bicyclic) bond motifs is 2. The van der Waals surface area contributed by atoms with E-state index in [1.807, 2.05) is 62.4 Å². The van der Waals surface area contributed by atoms with Crippen LogP contribution in [0, 0.1) is 18.8 Å². The smallest absolute Gasteiger partial charge is 0.313 e. The molecular weight excluding hydrogens is 714 g/mol. The summed E-state index contributed by atoms with van der Waals surface area (Å²) in [5.74, 6) is -3.68. The standard InChI is InChI=1S/C37H41BrClN3O7/c1-22-13-12-16-26(39)30(22)41-18-9-5-8-17-27(44)40(3)23(2)31(24-14-6-4-7-15-24)48-36(47)28-29-34(45)42(19-10-11-20-43)33(35(41)46)37(29)21-25(38)32(28)49-37/h4-7,9,12-16,21,23,28-29,31-33,43H,8,10-11,17-20H2,1-3H3/b9-5-/t23-,28+,29-,31+,32+,33+,37-/m0/s1. The van der Waals surface area contributed by atoms with E-state index in [1.54, 1.807) is 35.1 Å². The van der Waals surface area contributed by atoms with E-state index in [0.717, 1.165) is 5.56 Å². The predicted octanol–water partition coefficient (Wildman–Crippen LogP) is 5.11. The Morgan fingerprint density at radius 1 is 1.00 bits per heavy atom. The first-order valence-corrected chi connectivity index (χ1v) is 17.9. The lowest BCUT2D eigenvalue weighted by Gasteiger charge is -2.36. The first-order chi connectivity index (χ1) is 23.5. The van der Waals surface area contributed by atoms with E-state index in [-0.39, 0.29) is 37.9 Å². The third-order valence-electron chi connectivity index (χ3n) is 10.3. The monoisotopic (exact) mass is 753 g/mol. The number of nitrogens with zero attached hydrogens (tertiary/aromatic N) is 3. The fraction of sp³-hybridized carbons (Fsp3) is 0.459. The van der Waals surface area contributed by atoms with Gasteiger partial charge in [-0.2, -0.15) is 0 Å². The van der Waals surface area contributed by atoms with Gasteiger partial charge in [0.05, 0.1) is 22.7 Å². The van der Waals surface area contributed by atoms with Crippen LogP contribution in [0.4, 0.5) is 5.69 Å². The van der Waals surface area contributed by atoms with E-state index in [1.165, 1.54) is 4.90 Å². The lowest BCUT2D eigenvalue weighted by atomic mass is 9.74. The summed E-state index contributed by atoms with van der Waals surface area (Å²) in [6.07, 6.45) is 5.27. The molecule has 49 heavy (non-hydrogen) atoms. The molecule has 2 fully saturated rings. The molecule has 2 aromatic rings. The molecule has 3 amide bonds. The summed E-state index contributed by atoms with van der Waals surface area (Å²) < 4.78 is 13.5. The van der Waals surface area contributed by atoms with Crippen LogP contribution in [-0.2, 0) is 28.7 Å². The number of allylic oxidation sites excluding steroid dienone is 1. The third-order valence-corrected chi connectivity index (χ3v) is 11.2. The number of likely N-dealkylation sites (N-methyl/N-ethyl adjacent to an activating group) is 1. The van der Waals surface area contributed by atoms with Gasteiger partial charge in [0.25, 0.3) is 5.91 Å². The molecule has 1 N–H and O–H groups in total. The number of para-hydroxylation sites is 1. The van der Waals surface area contributed by atoms with Crippen molar-refractivity contribution in [2.24, 2.45) is 11.8 Å². The van der Waals surface area contributed by atoms with Gasteiger partial charge < -0.3 is 29.3 Å². The van der Waals surface area contributed by atoms with E-state index in [4.69, 9.17) is 21.1 Å².